The van der Waals surface area contributed by atoms with E-state index in [0.717, 1.165) is 18.7 Å². The van der Waals surface area contributed by atoms with Crippen molar-refractivity contribution >= 4 is 17.4 Å². The van der Waals surface area contributed by atoms with Crippen LogP contribution < -0.4 is 15.1 Å². The molecular formula is C21H26FN5O. The molecule has 1 aromatic carbocycles. The number of amides is 1. The number of nitrogens with zero attached hydrogens (tertiary/aromatic N) is 4. The van der Waals surface area contributed by atoms with Crippen LogP contribution in [0, 0.1) is 12.7 Å². The highest BCUT2D eigenvalue weighted by atomic mass is 19.1. The fraction of sp³-hybridized carbons (Fsp3) is 0.476. The highest BCUT2D eigenvalue weighted by Gasteiger charge is 2.23. The highest BCUT2D eigenvalue weighted by molar-refractivity contribution is 5.93. The van der Waals surface area contributed by atoms with E-state index >= 15 is 0 Å². The van der Waals surface area contributed by atoms with Gasteiger partial charge >= 0.3 is 0 Å². The molecule has 1 saturated heterocycles. The van der Waals surface area contributed by atoms with Gasteiger partial charge < -0.3 is 15.1 Å². The smallest absolute Gasteiger partial charge is 0.270 e. The predicted octanol–water partition coefficient (Wildman–Crippen LogP) is 2.92. The van der Waals surface area contributed by atoms with Crippen molar-refractivity contribution < 1.29 is 9.18 Å². The summed E-state index contributed by atoms with van der Waals surface area (Å²) in [5.74, 6) is 1.03. The van der Waals surface area contributed by atoms with Crippen molar-refractivity contribution in [2.24, 2.45) is 0 Å². The van der Waals surface area contributed by atoms with Gasteiger partial charge in [-0.1, -0.05) is 25.0 Å². The Morgan fingerprint density at radius 1 is 1.07 bits per heavy atom. The lowest BCUT2D eigenvalue weighted by Crippen LogP contribution is -2.47. The van der Waals surface area contributed by atoms with Gasteiger partial charge in [-0.15, -0.1) is 0 Å². The molecule has 7 heteroatoms. The minimum absolute atomic E-state index is 0.122. The number of hydrogen-bond donors (Lipinski definition) is 1. The SMILES string of the molecule is Cc1nc(C(=O)NC2CCCC2)cc(N2CCN(c3ccccc3F)CC2)n1. The molecule has 0 radical (unpaired) electrons. The zero-order valence-electron chi connectivity index (χ0n) is 16.2. The van der Waals surface area contributed by atoms with Gasteiger partial charge in [0.25, 0.3) is 5.91 Å². The third-order valence-electron chi connectivity index (χ3n) is 5.54. The first-order valence-electron chi connectivity index (χ1n) is 10.0. The molecule has 1 aliphatic heterocycles. The van der Waals surface area contributed by atoms with E-state index in [4.69, 9.17) is 0 Å². The Morgan fingerprint density at radius 3 is 2.46 bits per heavy atom. The number of carbonyl (C=O) groups is 1. The van der Waals surface area contributed by atoms with Gasteiger partial charge in [-0.3, -0.25) is 4.79 Å². The van der Waals surface area contributed by atoms with Crippen LogP contribution in [0.4, 0.5) is 15.9 Å². The third-order valence-corrected chi connectivity index (χ3v) is 5.54. The molecule has 2 aliphatic rings. The number of anilines is 2. The van der Waals surface area contributed by atoms with E-state index in [9.17, 15) is 9.18 Å². The first kappa shape index (κ1) is 18.7. The van der Waals surface area contributed by atoms with Crippen molar-refractivity contribution in [3.05, 3.63) is 47.7 Å². The second-order valence-corrected chi connectivity index (χ2v) is 7.54. The Morgan fingerprint density at radius 2 is 1.75 bits per heavy atom. The zero-order chi connectivity index (χ0) is 19.5. The summed E-state index contributed by atoms with van der Waals surface area (Å²) in [6.07, 6.45) is 4.43. The zero-order valence-corrected chi connectivity index (χ0v) is 16.2. The average molecular weight is 383 g/mol. The molecule has 0 bridgehead atoms. The van der Waals surface area contributed by atoms with E-state index in [0.29, 0.717) is 43.4 Å². The van der Waals surface area contributed by atoms with Crippen LogP contribution in [-0.4, -0.2) is 48.1 Å². The molecule has 2 aromatic rings. The third kappa shape index (κ3) is 4.08. The van der Waals surface area contributed by atoms with Gasteiger partial charge in [0.15, 0.2) is 0 Å². The summed E-state index contributed by atoms with van der Waals surface area (Å²) in [6, 6.07) is 8.90. The normalized spacial score (nSPS) is 17.8. The lowest BCUT2D eigenvalue weighted by molar-refractivity contribution is 0.0932. The van der Waals surface area contributed by atoms with Gasteiger partial charge in [0.1, 0.15) is 23.2 Å². The molecule has 0 unspecified atom stereocenters. The van der Waals surface area contributed by atoms with Crippen LogP contribution >= 0.6 is 0 Å². The second kappa shape index (κ2) is 8.12. The summed E-state index contributed by atoms with van der Waals surface area (Å²) >= 11 is 0. The van der Waals surface area contributed by atoms with E-state index in [1.165, 1.54) is 18.9 Å². The van der Waals surface area contributed by atoms with Crippen LogP contribution in [-0.2, 0) is 0 Å². The van der Waals surface area contributed by atoms with Gasteiger partial charge in [0.05, 0.1) is 5.69 Å². The lowest BCUT2D eigenvalue weighted by Gasteiger charge is -2.37. The Bertz CT molecular complexity index is 844. The molecule has 148 valence electrons. The molecule has 28 heavy (non-hydrogen) atoms. The second-order valence-electron chi connectivity index (χ2n) is 7.54. The minimum Gasteiger partial charge on any atom is -0.366 e. The van der Waals surface area contributed by atoms with Gasteiger partial charge in [-0.2, -0.15) is 0 Å². The van der Waals surface area contributed by atoms with Crippen molar-refractivity contribution in [1.29, 1.82) is 0 Å². The van der Waals surface area contributed by atoms with E-state index < -0.39 is 0 Å². The summed E-state index contributed by atoms with van der Waals surface area (Å²) in [4.78, 5) is 25.6. The number of piperazine rings is 1. The number of benzene rings is 1. The van der Waals surface area contributed by atoms with Crippen molar-refractivity contribution in [1.82, 2.24) is 15.3 Å². The summed E-state index contributed by atoms with van der Waals surface area (Å²) in [5, 5.41) is 3.09. The fourth-order valence-electron chi connectivity index (χ4n) is 4.04. The van der Waals surface area contributed by atoms with Crippen LogP contribution in [0.3, 0.4) is 0 Å². The number of hydrogen-bond acceptors (Lipinski definition) is 5. The monoisotopic (exact) mass is 383 g/mol. The van der Waals surface area contributed by atoms with Gasteiger partial charge in [0, 0.05) is 38.3 Å². The maximum absolute atomic E-state index is 14.0. The van der Waals surface area contributed by atoms with Gasteiger partial charge in [-0.05, 0) is 31.9 Å². The van der Waals surface area contributed by atoms with Crippen molar-refractivity contribution in [3.8, 4) is 0 Å². The van der Waals surface area contributed by atoms with Crippen molar-refractivity contribution in [2.45, 2.75) is 38.6 Å². The maximum Gasteiger partial charge on any atom is 0.270 e. The van der Waals surface area contributed by atoms with Gasteiger partial charge in [-0.25, -0.2) is 14.4 Å². The molecule has 2 fully saturated rings. The summed E-state index contributed by atoms with van der Waals surface area (Å²) in [5.41, 5.74) is 1.06. The molecule has 0 atom stereocenters. The summed E-state index contributed by atoms with van der Waals surface area (Å²) in [7, 11) is 0. The minimum atomic E-state index is -0.195. The number of para-hydroxylation sites is 1. The fourth-order valence-corrected chi connectivity index (χ4v) is 4.04. The average Bonchev–Trinajstić information content (AvgIpc) is 3.21. The van der Waals surface area contributed by atoms with Crippen LogP contribution in [0.2, 0.25) is 0 Å². The lowest BCUT2D eigenvalue weighted by atomic mass is 10.2. The maximum atomic E-state index is 14.0. The summed E-state index contributed by atoms with van der Waals surface area (Å²) < 4.78 is 14.0. The number of aryl methyl sites for hydroxylation is 1. The molecule has 4 rings (SSSR count). The van der Waals surface area contributed by atoms with E-state index in [1.807, 2.05) is 24.0 Å². The van der Waals surface area contributed by atoms with Crippen molar-refractivity contribution in [2.75, 3.05) is 36.0 Å². The molecule has 1 saturated carbocycles. The molecule has 1 aliphatic carbocycles. The van der Waals surface area contributed by atoms with Crippen LogP contribution in [0.25, 0.3) is 0 Å². The highest BCUT2D eigenvalue weighted by Crippen LogP contribution is 2.23. The van der Waals surface area contributed by atoms with Crippen LogP contribution in [0.15, 0.2) is 30.3 Å². The Balaban J connectivity index is 1.44. The topological polar surface area (TPSA) is 61.4 Å². The van der Waals surface area contributed by atoms with Gasteiger partial charge in [0.2, 0.25) is 0 Å². The predicted molar refractivity (Wildman–Crippen MR) is 107 cm³/mol. The Labute approximate surface area is 164 Å². The molecular weight excluding hydrogens is 357 g/mol. The van der Waals surface area contributed by atoms with Crippen molar-refractivity contribution in [3.63, 3.8) is 0 Å². The molecule has 6 nitrogen and oxygen atoms in total. The van der Waals surface area contributed by atoms with E-state index in [-0.39, 0.29) is 17.8 Å². The van der Waals surface area contributed by atoms with Crippen LogP contribution in [0.1, 0.15) is 42.0 Å². The molecule has 0 spiro atoms. The van der Waals surface area contributed by atoms with Crippen LogP contribution in [0.5, 0.6) is 0 Å². The Kier molecular flexibility index (Phi) is 5.41. The molecule has 1 N–H and O–H groups in total. The number of rotatable bonds is 4. The summed E-state index contributed by atoms with van der Waals surface area (Å²) in [6.45, 7) is 4.65. The number of halogens is 1. The molecule has 1 amide bonds. The van der Waals surface area contributed by atoms with E-state index in [2.05, 4.69) is 20.2 Å². The first-order valence-corrected chi connectivity index (χ1v) is 10.0. The number of carbonyl (C=O) groups excluding carboxylic acids is 1. The van der Waals surface area contributed by atoms with E-state index in [1.54, 1.807) is 12.1 Å². The Hall–Kier alpha value is -2.70. The largest absolute Gasteiger partial charge is 0.366 e. The number of aromatic nitrogens is 2. The standard InChI is InChI=1S/C21H26FN5O/c1-15-23-18(21(28)25-16-6-2-3-7-16)14-20(24-15)27-12-10-26(11-13-27)19-9-5-4-8-17(19)22/h4-5,8-9,14,16H,2-3,6-7,10-13H2,1H3,(H,25,28). The first-order chi connectivity index (χ1) is 13.6. The number of nitrogens with one attached hydrogen (secondary N) is 1. The quantitative estimate of drug-likeness (QED) is 0.880. The molecule has 2 heterocycles. The molecule has 1 aromatic heterocycles.